The highest BCUT2D eigenvalue weighted by molar-refractivity contribution is 7.99. The topological polar surface area (TPSA) is 38.3 Å². The van der Waals surface area contributed by atoms with Crippen LogP contribution in [0.15, 0.2) is 53.4 Å². The van der Waals surface area contributed by atoms with Gasteiger partial charge >= 0.3 is 0 Å². The van der Waals surface area contributed by atoms with Crippen LogP contribution in [0.5, 0.6) is 5.75 Å². The molecular formula is C19H22ClNO2S. The summed E-state index contributed by atoms with van der Waals surface area (Å²) in [6.45, 7) is 0.662. The third-order valence-electron chi connectivity index (χ3n) is 3.53. The zero-order valence-corrected chi connectivity index (χ0v) is 15.3. The molecule has 1 amide bonds. The van der Waals surface area contributed by atoms with E-state index in [9.17, 15) is 4.79 Å². The van der Waals surface area contributed by atoms with Crippen LogP contribution in [0.1, 0.15) is 18.4 Å². The van der Waals surface area contributed by atoms with Crippen LogP contribution in [0.2, 0.25) is 5.02 Å². The molecule has 5 heteroatoms. The van der Waals surface area contributed by atoms with Gasteiger partial charge in [0.1, 0.15) is 5.75 Å². The zero-order chi connectivity index (χ0) is 17.2. The predicted molar refractivity (Wildman–Crippen MR) is 101 cm³/mol. The van der Waals surface area contributed by atoms with Gasteiger partial charge in [-0.1, -0.05) is 23.7 Å². The van der Waals surface area contributed by atoms with Crippen LogP contribution in [0.3, 0.4) is 0 Å². The molecule has 0 unspecified atom stereocenters. The molecule has 1 N–H and O–H groups in total. The monoisotopic (exact) mass is 363 g/mol. The first kappa shape index (κ1) is 18.7. The number of amides is 1. The van der Waals surface area contributed by atoms with Gasteiger partial charge in [-0.3, -0.25) is 4.79 Å². The number of thioether (sulfide) groups is 1. The van der Waals surface area contributed by atoms with Crippen molar-refractivity contribution in [3.05, 3.63) is 59.1 Å². The highest BCUT2D eigenvalue weighted by Crippen LogP contribution is 2.21. The Kier molecular flexibility index (Phi) is 7.99. The number of rotatable bonds is 9. The quantitative estimate of drug-likeness (QED) is 0.523. The van der Waals surface area contributed by atoms with Crippen molar-refractivity contribution in [2.24, 2.45) is 0 Å². The Balaban J connectivity index is 1.56. The van der Waals surface area contributed by atoms with E-state index in [1.165, 1.54) is 10.5 Å². The standard InChI is InChI=1S/C19H22ClNO2S/c1-23-17-8-4-15(5-9-17)12-13-21-19(22)3-2-14-24-18-10-6-16(20)7-11-18/h4-11H,2-3,12-14H2,1H3,(H,21,22). The normalized spacial score (nSPS) is 10.4. The molecule has 0 fully saturated rings. The van der Waals surface area contributed by atoms with E-state index >= 15 is 0 Å². The fraction of sp³-hybridized carbons (Fsp3) is 0.316. The summed E-state index contributed by atoms with van der Waals surface area (Å²) >= 11 is 7.60. The molecule has 0 saturated carbocycles. The average Bonchev–Trinajstić information content (AvgIpc) is 2.61. The van der Waals surface area contributed by atoms with Crippen molar-refractivity contribution in [2.75, 3.05) is 19.4 Å². The summed E-state index contributed by atoms with van der Waals surface area (Å²) < 4.78 is 5.13. The lowest BCUT2D eigenvalue weighted by molar-refractivity contribution is -0.121. The molecule has 3 nitrogen and oxygen atoms in total. The molecule has 128 valence electrons. The Morgan fingerprint density at radius 2 is 1.83 bits per heavy atom. The van der Waals surface area contributed by atoms with Crippen LogP contribution in [0.25, 0.3) is 0 Å². The maximum Gasteiger partial charge on any atom is 0.220 e. The van der Waals surface area contributed by atoms with Gasteiger partial charge in [-0.05, 0) is 60.6 Å². The summed E-state index contributed by atoms with van der Waals surface area (Å²) in [4.78, 5) is 13.0. The minimum Gasteiger partial charge on any atom is -0.497 e. The van der Waals surface area contributed by atoms with E-state index in [2.05, 4.69) is 5.32 Å². The van der Waals surface area contributed by atoms with Gasteiger partial charge in [0.2, 0.25) is 5.91 Å². The van der Waals surface area contributed by atoms with Crippen LogP contribution >= 0.6 is 23.4 Å². The third kappa shape index (κ3) is 6.85. The molecule has 0 aliphatic rings. The van der Waals surface area contributed by atoms with E-state index in [-0.39, 0.29) is 5.91 Å². The molecule has 0 heterocycles. The first-order chi connectivity index (χ1) is 11.7. The van der Waals surface area contributed by atoms with Gasteiger partial charge < -0.3 is 10.1 Å². The lowest BCUT2D eigenvalue weighted by Crippen LogP contribution is -2.25. The van der Waals surface area contributed by atoms with Crippen molar-refractivity contribution in [1.29, 1.82) is 0 Å². The lowest BCUT2D eigenvalue weighted by atomic mass is 10.1. The van der Waals surface area contributed by atoms with Gasteiger partial charge in [-0.15, -0.1) is 11.8 Å². The largest absolute Gasteiger partial charge is 0.497 e. The summed E-state index contributed by atoms with van der Waals surface area (Å²) in [5.41, 5.74) is 1.19. The third-order valence-corrected chi connectivity index (χ3v) is 4.88. The van der Waals surface area contributed by atoms with E-state index in [0.29, 0.717) is 13.0 Å². The molecule has 2 aromatic rings. The smallest absolute Gasteiger partial charge is 0.220 e. The van der Waals surface area contributed by atoms with Crippen LogP contribution in [-0.4, -0.2) is 25.3 Å². The van der Waals surface area contributed by atoms with Crippen molar-refractivity contribution in [1.82, 2.24) is 5.32 Å². The Morgan fingerprint density at radius 1 is 1.12 bits per heavy atom. The fourth-order valence-electron chi connectivity index (χ4n) is 2.18. The van der Waals surface area contributed by atoms with Gasteiger partial charge in [-0.2, -0.15) is 0 Å². The summed E-state index contributed by atoms with van der Waals surface area (Å²) in [6.07, 6.45) is 2.25. The van der Waals surface area contributed by atoms with E-state index in [1.807, 2.05) is 48.5 Å². The molecule has 0 radical (unpaired) electrons. The SMILES string of the molecule is COc1ccc(CCNC(=O)CCCSc2ccc(Cl)cc2)cc1. The summed E-state index contributed by atoms with van der Waals surface area (Å²) in [5, 5.41) is 3.71. The second-order valence-corrected chi connectivity index (χ2v) is 6.96. The fourth-order valence-corrected chi connectivity index (χ4v) is 3.16. The molecular weight excluding hydrogens is 342 g/mol. The molecule has 0 atom stereocenters. The minimum absolute atomic E-state index is 0.111. The van der Waals surface area contributed by atoms with Crippen LogP contribution in [0, 0.1) is 0 Å². The molecule has 0 aliphatic carbocycles. The van der Waals surface area contributed by atoms with Crippen molar-refractivity contribution < 1.29 is 9.53 Å². The Labute approximate surface area is 152 Å². The van der Waals surface area contributed by atoms with Gasteiger partial charge in [0.25, 0.3) is 0 Å². The molecule has 0 aliphatic heterocycles. The maximum atomic E-state index is 11.8. The van der Waals surface area contributed by atoms with Crippen molar-refractivity contribution in [2.45, 2.75) is 24.2 Å². The van der Waals surface area contributed by atoms with Crippen LogP contribution < -0.4 is 10.1 Å². The highest BCUT2D eigenvalue weighted by atomic mass is 35.5. The number of benzene rings is 2. The van der Waals surface area contributed by atoms with Gasteiger partial charge in [-0.25, -0.2) is 0 Å². The number of methoxy groups -OCH3 is 1. The first-order valence-corrected chi connectivity index (χ1v) is 9.32. The zero-order valence-electron chi connectivity index (χ0n) is 13.8. The summed E-state index contributed by atoms with van der Waals surface area (Å²) in [7, 11) is 1.65. The lowest BCUT2D eigenvalue weighted by Gasteiger charge is -2.06. The van der Waals surface area contributed by atoms with E-state index in [0.717, 1.165) is 29.4 Å². The second-order valence-electron chi connectivity index (χ2n) is 5.35. The van der Waals surface area contributed by atoms with E-state index in [1.54, 1.807) is 18.9 Å². The molecule has 2 rings (SSSR count). The Morgan fingerprint density at radius 3 is 2.50 bits per heavy atom. The maximum absolute atomic E-state index is 11.8. The number of halogens is 1. The number of carbonyl (C=O) groups excluding carboxylic acids is 1. The molecule has 0 spiro atoms. The Hall–Kier alpha value is -1.65. The number of hydrogen-bond acceptors (Lipinski definition) is 3. The van der Waals surface area contributed by atoms with Gasteiger partial charge in [0.15, 0.2) is 0 Å². The van der Waals surface area contributed by atoms with E-state index < -0.39 is 0 Å². The van der Waals surface area contributed by atoms with Crippen LogP contribution in [-0.2, 0) is 11.2 Å². The number of carbonyl (C=O) groups is 1. The highest BCUT2D eigenvalue weighted by Gasteiger charge is 2.02. The van der Waals surface area contributed by atoms with Crippen molar-refractivity contribution >= 4 is 29.3 Å². The minimum atomic E-state index is 0.111. The second kappa shape index (κ2) is 10.3. The first-order valence-electron chi connectivity index (χ1n) is 7.95. The van der Waals surface area contributed by atoms with Crippen LogP contribution in [0.4, 0.5) is 0 Å². The molecule has 0 aromatic heterocycles. The van der Waals surface area contributed by atoms with Gasteiger partial charge in [0.05, 0.1) is 7.11 Å². The van der Waals surface area contributed by atoms with Gasteiger partial charge in [0, 0.05) is 22.9 Å². The molecule has 24 heavy (non-hydrogen) atoms. The Bertz CT molecular complexity index is 629. The van der Waals surface area contributed by atoms with E-state index in [4.69, 9.17) is 16.3 Å². The average molecular weight is 364 g/mol. The summed E-state index contributed by atoms with van der Waals surface area (Å²) in [6, 6.07) is 15.7. The number of nitrogens with one attached hydrogen (secondary N) is 1. The predicted octanol–water partition coefficient (Wildman–Crippen LogP) is 4.58. The van der Waals surface area contributed by atoms with Crippen molar-refractivity contribution in [3.8, 4) is 5.75 Å². The number of ether oxygens (including phenoxy) is 1. The summed E-state index contributed by atoms with van der Waals surface area (Å²) in [5.74, 6) is 1.88. The molecule has 0 bridgehead atoms. The number of hydrogen-bond donors (Lipinski definition) is 1. The van der Waals surface area contributed by atoms with Crippen molar-refractivity contribution in [3.63, 3.8) is 0 Å². The molecule has 0 saturated heterocycles. The molecule has 2 aromatic carbocycles.